The number of aryl methyl sites for hydroxylation is 1. The van der Waals surface area contributed by atoms with E-state index >= 15 is 0 Å². The summed E-state index contributed by atoms with van der Waals surface area (Å²) in [4.78, 5) is 4.67. The SMILES string of the molecule is NCCCCc1c(-c2ccc(Cl)s2)[nH]c2ccc(Cl)cc12. The molecule has 0 bridgehead atoms. The van der Waals surface area contributed by atoms with Crippen molar-refractivity contribution < 1.29 is 0 Å². The van der Waals surface area contributed by atoms with E-state index in [1.807, 2.05) is 24.3 Å². The van der Waals surface area contributed by atoms with Crippen molar-refractivity contribution in [3.05, 3.63) is 45.3 Å². The number of hydrogen-bond acceptors (Lipinski definition) is 2. The van der Waals surface area contributed by atoms with Crippen LogP contribution in [0.25, 0.3) is 21.5 Å². The number of nitrogens with two attached hydrogens (primary N) is 1. The molecule has 0 amide bonds. The molecule has 3 aromatic rings. The quantitative estimate of drug-likeness (QED) is 0.594. The number of fused-ring (bicyclic) bond motifs is 1. The largest absolute Gasteiger partial charge is 0.354 e. The summed E-state index contributed by atoms with van der Waals surface area (Å²) in [5.74, 6) is 0. The molecule has 0 fully saturated rings. The first-order valence-electron chi connectivity index (χ1n) is 6.95. The Morgan fingerprint density at radius 3 is 2.67 bits per heavy atom. The minimum absolute atomic E-state index is 0.725. The first-order chi connectivity index (χ1) is 10.2. The summed E-state index contributed by atoms with van der Waals surface area (Å²) in [6.45, 7) is 0.725. The lowest BCUT2D eigenvalue weighted by molar-refractivity contribution is 0.748. The number of unbranched alkanes of at least 4 members (excludes halogenated alkanes) is 1. The van der Waals surface area contributed by atoms with Gasteiger partial charge in [0, 0.05) is 15.9 Å². The van der Waals surface area contributed by atoms with E-state index < -0.39 is 0 Å². The van der Waals surface area contributed by atoms with Crippen molar-refractivity contribution in [2.45, 2.75) is 19.3 Å². The maximum atomic E-state index is 6.16. The first kappa shape index (κ1) is 14.9. The number of thiophene rings is 1. The normalized spacial score (nSPS) is 11.4. The van der Waals surface area contributed by atoms with Gasteiger partial charge in [0.1, 0.15) is 0 Å². The Bertz CT molecular complexity index is 761. The van der Waals surface area contributed by atoms with Gasteiger partial charge in [-0.05, 0) is 61.7 Å². The van der Waals surface area contributed by atoms with E-state index in [0.29, 0.717) is 0 Å². The molecular formula is C16H16Cl2N2S. The number of benzene rings is 1. The number of aromatic amines is 1. The monoisotopic (exact) mass is 338 g/mol. The molecule has 3 N–H and O–H groups in total. The van der Waals surface area contributed by atoms with Crippen LogP contribution in [0.15, 0.2) is 30.3 Å². The molecule has 0 spiro atoms. The van der Waals surface area contributed by atoms with Crippen LogP contribution in [0.2, 0.25) is 9.36 Å². The van der Waals surface area contributed by atoms with Crippen molar-refractivity contribution in [1.29, 1.82) is 0 Å². The molecule has 110 valence electrons. The number of nitrogens with one attached hydrogen (secondary N) is 1. The van der Waals surface area contributed by atoms with Gasteiger partial charge in [0.2, 0.25) is 0 Å². The van der Waals surface area contributed by atoms with Crippen LogP contribution < -0.4 is 5.73 Å². The van der Waals surface area contributed by atoms with Gasteiger partial charge in [-0.25, -0.2) is 0 Å². The van der Waals surface area contributed by atoms with E-state index in [9.17, 15) is 0 Å². The molecule has 0 aliphatic carbocycles. The van der Waals surface area contributed by atoms with Gasteiger partial charge in [0.25, 0.3) is 0 Å². The highest BCUT2D eigenvalue weighted by Crippen LogP contribution is 2.37. The Balaban J connectivity index is 2.10. The summed E-state index contributed by atoms with van der Waals surface area (Å²) in [5, 5.41) is 1.95. The second kappa shape index (κ2) is 6.41. The molecule has 0 saturated carbocycles. The molecule has 2 nitrogen and oxygen atoms in total. The van der Waals surface area contributed by atoms with Crippen LogP contribution in [0.1, 0.15) is 18.4 Å². The fourth-order valence-electron chi connectivity index (χ4n) is 2.58. The number of H-pyrrole nitrogens is 1. The van der Waals surface area contributed by atoms with Crippen molar-refractivity contribution in [2.24, 2.45) is 5.73 Å². The molecule has 1 aromatic carbocycles. The molecule has 0 aliphatic rings. The van der Waals surface area contributed by atoms with E-state index in [1.165, 1.54) is 10.9 Å². The lowest BCUT2D eigenvalue weighted by Gasteiger charge is -2.03. The van der Waals surface area contributed by atoms with Crippen LogP contribution in [0.5, 0.6) is 0 Å². The van der Waals surface area contributed by atoms with Crippen molar-refractivity contribution in [3.8, 4) is 10.6 Å². The zero-order valence-corrected chi connectivity index (χ0v) is 13.8. The number of hydrogen-bond donors (Lipinski definition) is 2. The van der Waals surface area contributed by atoms with Gasteiger partial charge in [-0.2, -0.15) is 0 Å². The molecule has 5 heteroatoms. The predicted molar refractivity (Wildman–Crippen MR) is 93.6 cm³/mol. The third-order valence-corrected chi connectivity index (χ3v) is 5.05. The standard InChI is InChI=1S/C16H16Cl2N2S/c17-10-4-5-13-12(9-10)11(3-1-2-8-19)16(20-13)14-6-7-15(18)21-14/h4-7,9,20H,1-3,8,19H2. The minimum Gasteiger partial charge on any atom is -0.354 e. The Morgan fingerprint density at radius 1 is 1.10 bits per heavy atom. The zero-order chi connectivity index (χ0) is 14.8. The van der Waals surface area contributed by atoms with E-state index in [0.717, 1.165) is 51.3 Å². The fraction of sp³-hybridized carbons (Fsp3) is 0.250. The van der Waals surface area contributed by atoms with Crippen LogP contribution in [0, 0.1) is 0 Å². The van der Waals surface area contributed by atoms with Crippen molar-refractivity contribution in [3.63, 3.8) is 0 Å². The maximum Gasteiger partial charge on any atom is 0.0935 e. The Kier molecular flexibility index (Phi) is 4.55. The fourth-order valence-corrected chi connectivity index (χ4v) is 3.83. The van der Waals surface area contributed by atoms with Crippen LogP contribution in [0.4, 0.5) is 0 Å². The first-order valence-corrected chi connectivity index (χ1v) is 8.52. The van der Waals surface area contributed by atoms with Crippen LogP contribution in [-0.2, 0) is 6.42 Å². The summed E-state index contributed by atoms with van der Waals surface area (Å²) in [7, 11) is 0. The second-order valence-corrected chi connectivity index (χ2v) is 7.17. The molecule has 0 atom stereocenters. The van der Waals surface area contributed by atoms with Crippen molar-refractivity contribution in [2.75, 3.05) is 6.54 Å². The number of aromatic nitrogens is 1. The molecule has 0 aliphatic heterocycles. The lowest BCUT2D eigenvalue weighted by Crippen LogP contribution is -1.99. The van der Waals surface area contributed by atoms with E-state index in [-0.39, 0.29) is 0 Å². The average molecular weight is 339 g/mol. The molecule has 0 unspecified atom stereocenters. The van der Waals surface area contributed by atoms with Gasteiger partial charge >= 0.3 is 0 Å². The summed E-state index contributed by atoms with van der Waals surface area (Å²) in [6.07, 6.45) is 3.09. The molecule has 21 heavy (non-hydrogen) atoms. The van der Waals surface area contributed by atoms with Gasteiger partial charge in [0.15, 0.2) is 0 Å². The van der Waals surface area contributed by atoms with E-state index in [4.69, 9.17) is 28.9 Å². The predicted octanol–water partition coefficient (Wildman–Crippen LogP) is 5.48. The summed E-state index contributed by atoms with van der Waals surface area (Å²) >= 11 is 13.8. The second-order valence-electron chi connectivity index (χ2n) is 5.02. The van der Waals surface area contributed by atoms with Gasteiger partial charge in [-0.15, -0.1) is 11.3 Å². The molecular weight excluding hydrogens is 323 g/mol. The molecule has 2 aromatic heterocycles. The van der Waals surface area contributed by atoms with Gasteiger partial charge in [-0.1, -0.05) is 23.2 Å². The number of rotatable bonds is 5. The third kappa shape index (κ3) is 3.11. The number of halogens is 2. The molecule has 0 radical (unpaired) electrons. The third-order valence-electron chi connectivity index (χ3n) is 3.57. The van der Waals surface area contributed by atoms with Gasteiger partial charge in [-0.3, -0.25) is 0 Å². The van der Waals surface area contributed by atoms with Crippen LogP contribution >= 0.6 is 34.5 Å². The molecule has 2 heterocycles. The Labute approximate surface area is 137 Å². The topological polar surface area (TPSA) is 41.8 Å². The molecule has 0 saturated heterocycles. The van der Waals surface area contributed by atoms with Gasteiger partial charge in [0.05, 0.1) is 14.9 Å². The average Bonchev–Trinajstić information content (AvgIpc) is 3.03. The highest BCUT2D eigenvalue weighted by atomic mass is 35.5. The maximum absolute atomic E-state index is 6.16. The Hall–Kier alpha value is -1.00. The lowest BCUT2D eigenvalue weighted by atomic mass is 10.0. The summed E-state index contributed by atoms with van der Waals surface area (Å²) in [5.41, 5.74) is 9.18. The van der Waals surface area contributed by atoms with E-state index in [2.05, 4.69) is 11.1 Å². The highest BCUT2D eigenvalue weighted by Gasteiger charge is 2.14. The van der Waals surface area contributed by atoms with Gasteiger partial charge < -0.3 is 10.7 Å². The summed E-state index contributed by atoms with van der Waals surface area (Å²) < 4.78 is 0.801. The van der Waals surface area contributed by atoms with Crippen molar-refractivity contribution >= 4 is 45.4 Å². The molecule has 3 rings (SSSR count). The van der Waals surface area contributed by atoms with Crippen LogP contribution in [0.3, 0.4) is 0 Å². The van der Waals surface area contributed by atoms with Crippen LogP contribution in [-0.4, -0.2) is 11.5 Å². The van der Waals surface area contributed by atoms with Crippen molar-refractivity contribution in [1.82, 2.24) is 4.98 Å². The zero-order valence-electron chi connectivity index (χ0n) is 11.5. The smallest absolute Gasteiger partial charge is 0.0935 e. The Morgan fingerprint density at radius 2 is 1.95 bits per heavy atom. The highest BCUT2D eigenvalue weighted by molar-refractivity contribution is 7.19. The minimum atomic E-state index is 0.725. The summed E-state index contributed by atoms with van der Waals surface area (Å²) in [6, 6.07) is 9.97. The van der Waals surface area contributed by atoms with E-state index in [1.54, 1.807) is 11.3 Å².